The molecular weight excluding hydrogens is 519 g/mol. The molecule has 5 rings (SSSR count). The van der Waals surface area contributed by atoms with E-state index in [1.807, 2.05) is 0 Å². The molecular formula is C30H34F3N5O2. The Morgan fingerprint density at radius 1 is 1.05 bits per heavy atom. The van der Waals surface area contributed by atoms with E-state index in [0.29, 0.717) is 54.0 Å². The van der Waals surface area contributed by atoms with Crippen molar-refractivity contribution >= 4 is 16.9 Å². The van der Waals surface area contributed by atoms with Gasteiger partial charge in [0, 0.05) is 30.8 Å². The Morgan fingerprint density at radius 3 is 2.50 bits per heavy atom. The zero-order valence-corrected chi connectivity index (χ0v) is 22.7. The van der Waals surface area contributed by atoms with Gasteiger partial charge in [-0.15, -0.1) is 0 Å². The van der Waals surface area contributed by atoms with Crippen LogP contribution in [0, 0.1) is 24.1 Å². The van der Waals surface area contributed by atoms with Crippen LogP contribution in [0.4, 0.5) is 19.0 Å². The number of hydrogen-bond donors (Lipinski definition) is 1. The average Bonchev–Trinajstić information content (AvgIpc) is 3.72. The molecule has 0 spiro atoms. The number of aromatic nitrogens is 3. The maximum absolute atomic E-state index is 15.3. The molecule has 1 fully saturated rings. The van der Waals surface area contributed by atoms with Gasteiger partial charge in [0.1, 0.15) is 29.7 Å². The lowest BCUT2D eigenvalue weighted by Gasteiger charge is -2.20. The molecule has 40 heavy (non-hydrogen) atoms. The van der Waals surface area contributed by atoms with E-state index >= 15 is 4.39 Å². The number of anilines is 1. The average molecular weight is 554 g/mol. The summed E-state index contributed by atoms with van der Waals surface area (Å²) in [5.74, 6) is -3.70. The molecule has 2 aromatic heterocycles. The smallest absolute Gasteiger partial charge is 0.298 e. The summed E-state index contributed by atoms with van der Waals surface area (Å²) in [6.45, 7) is 1.37. The van der Waals surface area contributed by atoms with E-state index < -0.39 is 29.3 Å². The second kappa shape index (κ2) is 11.6. The minimum atomic E-state index is -3.47. The van der Waals surface area contributed by atoms with Gasteiger partial charge in [0.15, 0.2) is 0 Å². The summed E-state index contributed by atoms with van der Waals surface area (Å²) in [4.78, 5) is 22.7. The third-order valence-electron chi connectivity index (χ3n) is 7.91. The van der Waals surface area contributed by atoms with E-state index in [9.17, 15) is 18.8 Å². The fourth-order valence-electron chi connectivity index (χ4n) is 5.42. The number of aryl methyl sites for hydroxylation is 2. The molecule has 6 bridgehead atoms. The minimum Gasteiger partial charge on any atom is -0.375 e. The molecule has 3 heterocycles. The predicted octanol–water partition coefficient (Wildman–Crippen LogP) is 6.26. The summed E-state index contributed by atoms with van der Waals surface area (Å²) in [5.41, 5.74) is -0.824. The molecule has 1 N–H and O–H groups in total. The third-order valence-corrected chi connectivity index (χ3v) is 7.91. The summed E-state index contributed by atoms with van der Waals surface area (Å²) in [6.07, 6.45) is 7.39. The van der Waals surface area contributed by atoms with Crippen LogP contribution >= 0.6 is 0 Å². The highest BCUT2D eigenvalue weighted by atomic mass is 19.3. The number of fused-ring (bicyclic) bond motifs is 2. The fourth-order valence-corrected chi connectivity index (χ4v) is 5.42. The first kappa shape index (κ1) is 28.1. The van der Waals surface area contributed by atoms with Crippen LogP contribution in [0.25, 0.3) is 11.0 Å². The topological polar surface area (TPSA) is 92.8 Å². The molecule has 212 valence electrons. The van der Waals surface area contributed by atoms with E-state index in [4.69, 9.17) is 4.74 Å². The molecule has 1 saturated carbocycles. The molecule has 1 aliphatic carbocycles. The van der Waals surface area contributed by atoms with Crippen molar-refractivity contribution < 1.29 is 17.9 Å². The quantitative estimate of drug-likeness (QED) is 0.383. The molecule has 0 atom stereocenters. The Bertz CT molecular complexity index is 1490. The van der Waals surface area contributed by atoms with Crippen LogP contribution in [-0.4, -0.2) is 27.7 Å². The summed E-state index contributed by atoms with van der Waals surface area (Å²) in [5, 5.41) is 13.5. The number of halogens is 3. The maximum Gasteiger partial charge on any atom is 0.298 e. The molecule has 7 nitrogen and oxygen atoms in total. The van der Waals surface area contributed by atoms with Gasteiger partial charge in [0.2, 0.25) is 0 Å². The van der Waals surface area contributed by atoms with Gasteiger partial charge >= 0.3 is 0 Å². The molecule has 0 unspecified atom stereocenters. The van der Waals surface area contributed by atoms with Gasteiger partial charge in [-0.05, 0) is 44.7 Å². The summed E-state index contributed by atoms with van der Waals surface area (Å²) < 4.78 is 52.1. The largest absolute Gasteiger partial charge is 0.375 e. The SMILES string of the molecule is Cc1nc2c3cc(C4(C#N)CC4)c(=O)n(c3n1)CCCCCCCCCOCC(F)(F)c1cccc(c1F)CN2. The van der Waals surface area contributed by atoms with Crippen molar-refractivity contribution in [1.29, 1.82) is 5.26 Å². The van der Waals surface area contributed by atoms with E-state index in [2.05, 4.69) is 21.4 Å². The lowest BCUT2D eigenvalue weighted by Crippen LogP contribution is -2.29. The molecule has 10 heteroatoms. The molecule has 3 aromatic rings. The Hall–Kier alpha value is -3.45. The number of nitrogens with one attached hydrogen (secondary N) is 1. The fraction of sp³-hybridized carbons (Fsp3) is 0.533. The van der Waals surface area contributed by atoms with Gasteiger partial charge < -0.3 is 10.1 Å². The zero-order chi connectivity index (χ0) is 28.3. The molecule has 0 amide bonds. The van der Waals surface area contributed by atoms with Crippen LogP contribution in [0.15, 0.2) is 29.1 Å². The molecule has 2 aliphatic rings. The number of nitrogens with zero attached hydrogens (tertiary/aromatic N) is 4. The van der Waals surface area contributed by atoms with Crippen molar-refractivity contribution in [3.05, 3.63) is 63.0 Å². The monoisotopic (exact) mass is 553 g/mol. The van der Waals surface area contributed by atoms with Crippen LogP contribution < -0.4 is 10.9 Å². The zero-order valence-electron chi connectivity index (χ0n) is 22.7. The summed E-state index contributed by atoms with van der Waals surface area (Å²) >= 11 is 0. The van der Waals surface area contributed by atoms with E-state index in [0.717, 1.165) is 44.6 Å². The lowest BCUT2D eigenvalue weighted by atomic mass is 9.98. The van der Waals surface area contributed by atoms with Crippen LogP contribution in [-0.2, 0) is 29.2 Å². The van der Waals surface area contributed by atoms with Crippen LogP contribution in [0.2, 0.25) is 0 Å². The number of rotatable bonds is 1. The van der Waals surface area contributed by atoms with Gasteiger partial charge in [-0.3, -0.25) is 9.36 Å². The van der Waals surface area contributed by atoms with E-state index in [-0.39, 0.29) is 24.3 Å². The third kappa shape index (κ3) is 5.71. The number of nitriles is 1. The van der Waals surface area contributed by atoms with Gasteiger partial charge in [-0.2, -0.15) is 14.0 Å². The summed E-state index contributed by atoms with van der Waals surface area (Å²) in [7, 11) is 0. The van der Waals surface area contributed by atoms with Crippen molar-refractivity contribution in [1.82, 2.24) is 14.5 Å². The Morgan fingerprint density at radius 2 is 1.77 bits per heavy atom. The molecule has 0 saturated heterocycles. The summed E-state index contributed by atoms with van der Waals surface area (Å²) in [6, 6.07) is 7.94. The Labute approximate surface area is 231 Å². The molecule has 1 aromatic carbocycles. The van der Waals surface area contributed by atoms with Crippen molar-refractivity contribution in [3.63, 3.8) is 0 Å². The van der Waals surface area contributed by atoms with Gasteiger partial charge in [-0.25, -0.2) is 14.4 Å². The predicted molar refractivity (Wildman–Crippen MR) is 146 cm³/mol. The van der Waals surface area contributed by atoms with E-state index in [1.54, 1.807) is 17.6 Å². The second-order valence-electron chi connectivity index (χ2n) is 10.9. The van der Waals surface area contributed by atoms with Gasteiger partial charge in [0.25, 0.3) is 11.5 Å². The molecule has 1 aliphatic heterocycles. The van der Waals surface area contributed by atoms with Crippen molar-refractivity contribution in [2.24, 2.45) is 0 Å². The lowest BCUT2D eigenvalue weighted by molar-refractivity contribution is -0.0853. The van der Waals surface area contributed by atoms with Crippen LogP contribution in [0.1, 0.15) is 80.3 Å². The Balaban J connectivity index is 1.57. The van der Waals surface area contributed by atoms with Crippen molar-refractivity contribution in [2.75, 3.05) is 18.5 Å². The minimum absolute atomic E-state index is 0.0525. The Kier molecular flexibility index (Phi) is 8.13. The standard InChI is InChI=1S/C30H34F3N5O2/c1-20-36-26-22-16-24(29(18-34)12-13-29)28(39)38(27(22)37-20)14-7-5-3-2-4-6-8-15-40-19-30(32,33)23-11-9-10-21(17-35-26)25(23)31/h9-11,16H,2-8,12-15,17,19H2,1H3,(H,35,36,37). The first-order valence-corrected chi connectivity index (χ1v) is 14.1. The van der Waals surface area contributed by atoms with Gasteiger partial charge in [-0.1, -0.05) is 44.2 Å². The highest BCUT2D eigenvalue weighted by molar-refractivity contribution is 5.87. The number of benzene rings is 1. The van der Waals surface area contributed by atoms with Crippen molar-refractivity contribution in [3.8, 4) is 6.07 Å². The van der Waals surface area contributed by atoms with Gasteiger partial charge in [0.05, 0.1) is 22.4 Å². The number of ether oxygens (including phenoxy) is 1. The van der Waals surface area contributed by atoms with E-state index in [1.165, 1.54) is 12.1 Å². The van der Waals surface area contributed by atoms with Crippen LogP contribution in [0.5, 0.6) is 0 Å². The maximum atomic E-state index is 15.3. The first-order chi connectivity index (χ1) is 19.3. The number of alkyl halides is 2. The second-order valence-corrected chi connectivity index (χ2v) is 10.9. The number of pyridine rings is 1. The number of hydrogen-bond acceptors (Lipinski definition) is 6. The highest BCUT2D eigenvalue weighted by Crippen LogP contribution is 2.47. The molecule has 0 radical (unpaired) electrons. The van der Waals surface area contributed by atoms with Crippen molar-refractivity contribution in [2.45, 2.75) is 89.1 Å². The normalized spacial score (nSPS) is 19.8. The first-order valence-electron chi connectivity index (χ1n) is 14.1. The van der Waals surface area contributed by atoms with Crippen LogP contribution in [0.3, 0.4) is 0 Å². The highest BCUT2D eigenvalue weighted by Gasteiger charge is 2.47.